The molecule has 3 N–H and O–H groups in total. The van der Waals surface area contributed by atoms with Crippen LogP contribution in [0.1, 0.15) is 39.3 Å². The highest BCUT2D eigenvalue weighted by atomic mass is 32.1. The number of nitrogens with two attached hydrogens (primary N) is 1. The van der Waals surface area contributed by atoms with Crippen LogP contribution in [0.4, 0.5) is 5.69 Å². The molecule has 3 aromatic rings. The number of carbonyl (C=O) groups excluding carboxylic acids is 2. The zero-order chi connectivity index (χ0) is 20.6. The monoisotopic (exact) mass is 409 g/mol. The molecule has 0 unspecified atom stereocenters. The largest absolute Gasteiger partial charge is 0.465 e. The lowest BCUT2D eigenvalue weighted by atomic mass is 10.0. The Morgan fingerprint density at radius 3 is 2.48 bits per heavy atom. The first-order chi connectivity index (χ1) is 14.1. The number of aryl methyl sites for hydroxylation is 1. The highest BCUT2D eigenvalue weighted by Gasteiger charge is 2.21. The molecule has 0 fully saturated rings. The molecule has 0 aliphatic carbocycles. The molecule has 5 nitrogen and oxygen atoms in total. The number of amides is 1. The Morgan fingerprint density at radius 1 is 1.07 bits per heavy atom. The molecule has 0 saturated carbocycles. The van der Waals surface area contributed by atoms with Crippen LogP contribution >= 0.6 is 11.3 Å². The molecular formula is C23H25N2O3S+. The molecule has 1 aromatic heterocycles. The van der Waals surface area contributed by atoms with Crippen LogP contribution < -0.4 is 10.6 Å². The Hall–Kier alpha value is -2.96. The minimum Gasteiger partial charge on any atom is -0.465 e. The van der Waals surface area contributed by atoms with Crippen molar-refractivity contribution in [3.8, 4) is 0 Å². The second-order valence-electron chi connectivity index (χ2n) is 6.61. The third-order valence-electron chi connectivity index (χ3n) is 4.74. The van der Waals surface area contributed by atoms with E-state index in [1.807, 2.05) is 16.8 Å². The van der Waals surface area contributed by atoms with Crippen molar-refractivity contribution >= 4 is 28.9 Å². The Labute approximate surface area is 174 Å². The Bertz CT molecular complexity index is 953. The topological polar surface area (TPSA) is 72.0 Å². The van der Waals surface area contributed by atoms with Gasteiger partial charge in [0.1, 0.15) is 6.04 Å². The van der Waals surface area contributed by atoms with E-state index < -0.39 is 5.97 Å². The normalized spacial score (nSPS) is 11.7. The minimum absolute atomic E-state index is 0.0440. The number of hydrogen-bond donors (Lipinski definition) is 2. The van der Waals surface area contributed by atoms with Gasteiger partial charge >= 0.3 is 5.97 Å². The van der Waals surface area contributed by atoms with Gasteiger partial charge in [0.2, 0.25) is 0 Å². The Kier molecular flexibility index (Phi) is 7.16. The molecule has 0 saturated heterocycles. The van der Waals surface area contributed by atoms with Crippen LogP contribution in [0, 0.1) is 0 Å². The molecule has 6 heteroatoms. The van der Waals surface area contributed by atoms with Crippen LogP contribution in [0.15, 0.2) is 66.0 Å². The van der Waals surface area contributed by atoms with Gasteiger partial charge in [0, 0.05) is 5.56 Å². The maximum Gasteiger partial charge on any atom is 0.339 e. The van der Waals surface area contributed by atoms with Crippen LogP contribution in [-0.2, 0) is 16.0 Å². The zero-order valence-corrected chi connectivity index (χ0v) is 17.4. The first-order valence-electron chi connectivity index (χ1n) is 9.55. The number of rotatable bonds is 8. The van der Waals surface area contributed by atoms with Crippen LogP contribution in [0.2, 0.25) is 0 Å². The van der Waals surface area contributed by atoms with Crippen molar-refractivity contribution < 1.29 is 19.6 Å². The number of esters is 1. The van der Waals surface area contributed by atoms with Crippen molar-refractivity contribution in [3.63, 3.8) is 0 Å². The van der Waals surface area contributed by atoms with Gasteiger partial charge in [-0.2, -0.15) is 0 Å². The quantitative estimate of drug-likeness (QED) is 0.560. The van der Waals surface area contributed by atoms with Crippen LogP contribution in [0.3, 0.4) is 0 Å². The third kappa shape index (κ3) is 5.31. The molecule has 150 valence electrons. The summed E-state index contributed by atoms with van der Waals surface area (Å²) in [6.45, 7) is 2.36. The fourth-order valence-corrected chi connectivity index (χ4v) is 4.00. The van der Waals surface area contributed by atoms with Gasteiger partial charge in [0.05, 0.1) is 23.2 Å². The molecule has 1 heterocycles. The van der Waals surface area contributed by atoms with Gasteiger partial charge < -0.3 is 15.4 Å². The number of anilines is 1. The zero-order valence-electron chi connectivity index (χ0n) is 16.6. The summed E-state index contributed by atoms with van der Waals surface area (Å²) < 4.78 is 4.79. The number of benzene rings is 2. The Morgan fingerprint density at radius 2 is 1.83 bits per heavy atom. The fraction of sp³-hybridized carbons (Fsp3) is 0.217. The maximum absolute atomic E-state index is 12.6. The minimum atomic E-state index is -0.475. The van der Waals surface area contributed by atoms with Crippen LogP contribution in [0.25, 0.3) is 0 Å². The standard InChI is InChI=1S/C23H24N2O3S/c1-3-16-10-12-17(13-11-16)22(20-9-6-14-29-20)24-15-21(26)25-19-8-5-4-7-18(19)23(27)28-2/h4-14,22,24H,3,15H2,1-2H3,(H,25,26)/p+1/t22-/m1/s1. The van der Waals surface area contributed by atoms with Gasteiger partial charge in [-0.05, 0) is 35.6 Å². The lowest BCUT2D eigenvalue weighted by Crippen LogP contribution is -2.87. The van der Waals surface area contributed by atoms with Crippen molar-refractivity contribution in [2.45, 2.75) is 19.4 Å². The van der Waals surface area contributed by atoms with Gasteiger partial charge in [-0.15, -0.1) is 11.3 Å². The number of hydrogen-bond acceptors (Lipinski definition) is 4. The highest BCUT2D eigenvalue weighted by molar-refractivity contribution is 7.10. The van der Waals surface area contributed by atoms with E-state index in [0.29, 0.717) is 11.3 Å². The van der Waals surface area contributed by atoms with Crippen molar-refractivity contribution in [1.82, 2.24) is 0 Å². The first kappa shape index (κ1) is 20.8. The molecule has 0 aliphatic heterocycles. The predicted molar refractivity (Wildman–Crippen MR) is 115 cm³/mol. The van der Waals surface area contributed by atoms with Crippen molar-refractivity contribution in [1.29, 1.82) is 0 Å². The van der Waals surface area contributed by atoms with Gasteiger partial charge in [-0.25, -0.2) is 4.79 Å². The summed E-state index contributed by atoms with van der Waals surface area (Å²) in [6.07, 6.45) is 0.996. The van der Waals surface area contributed by atoms with Crippen molar-refractivity contribution in [2.24, 2.45) is 0 Å². The van der Waals surface area contributed by atoms with E-state index >= 15 is 0 Å². The van der Waals surface area contributed by atoms with Crippen LogP contribution in [-0.4, -0.2) is 25.5 Å². The number of ether oxygens (including phenoxy) is 1. The van der Waals surface area contributed by atoms with Gasteiger partial charge in [0.15, 0.2) is 6.54 Å². The van der Waals surface area contributed by atoms with Crippen LogP contribution in [0.5, 0.6) is 0 Å². The van der Waals surface area contributed by atoms with E-state index in [4.69, 9.17) is 4.74 Å². The summed E-state index contributed by atoms with van der Waals surface area (Å²) in [5, 5.41) is 6.89. The molecule has 0 bridgehead atoms. The number of thiophene rings is 1. The summed E-state index contributed by atoms with van der Waals surface area (Å²) in [5.74, 6) is -0.648. The summed E-state index contributed by atoms with van der Waals surface area (Å²) >= 11 is 1.68. The third-order valence-corrected chi connectivity index (χ3v) is 5.70. The van der Waals surface area contributed by atoms with E-state index in [1.54, 1.807) is 35.6 Å². The predicted octanol–water partition coefficient (Wildman–Crippen LogP) is 3.39. The Balaban J connectivity index is 1.71. The molecule has 0 radical (unpaired) electrons. The molecule has 0 spiro atoms. The molecule has 0 aliphatic rings. The SMILES string of the molecule is CCc1ccc([C@@H]([NH2+]CC(=O)Nc2ccccc2C(=O)OC)c2cccs2)cc1. The van der Waals surface area contributed by atoms with E-state index in [-0.39, 0.29) is 18.5 Å². The highest BCUT2D eigenvalue weighted by Crippen LogP contribution is 2.23. The maximum atomic E-state index is 12.6. The summed E-state index contributed by atoms with van der Waals surface area (Å²) in [6, 6.07) is 19.5. The smallest absolute Gasteiger partial charge is 0.339 e. The fourth-order valence-electron chi connectivity index (χ4n) is 3.15. The van der Waals surface area contributed by atoms with E-state index in [1.165, 1.54) is 17.6 Å². The van der Waals surface area contributed by atoms with Crippen molar-refractivity contribution in [2.75, 3.05) is 19.0 Å². The second kappa shape index (κ2) is 10.0. The lowest BCUT2D eigenvalue weighted by molar-refractivity contribution is -0.675. The number of carbonyl (C=O) groups is 2. The van der Waals surface area contributed by atoms with E-state index in [2.05, 4.69) is 42.6 Å². The van der Waals surface area contributed by atoms with Gasteiger partial charge in [-0.1, -0.05) is 49.4 Å². The molecule has 3 rings (SSSR count). The molecule has 1 atom stereocenters. The van der Waals surface area contributed by atoms with Gasteiger partial charge in [0.25, 0.3) is 5.91 Å². The molecule has 2 aromatic carbocycles. The van der Waals surface area contributed by atoms with E-state index in [9.17, 15) is 9.59 Å². The summed E-state index contributed by atoms with van der Waals surface area (Å²) in [4.78, 5) is 25.7. The lowest BCUT2D eigenvalue weighted by Gasteiger charge is -2.16. The first-order valence-corrected chi connectivity index (χ1v) is 10.4. The average Bonchev–Trinajstić information content (AvgIpc) is 3.29. The molecule has 29 heavy (non-hydrogen) atoms. The van der Waals surface area contributed by atoms with E-state index in [0.717, 1.165) is 12.0 Å². The molecular weight excluding hydrogens is 384 g/mol. The average molecular weight is 410 g/mol. The number of para-hydroxylation sites is 1. The van der Waals surface area contributed by atoms with Gasteiger partial charge in [-0.3, -0.25) is 4.79 Å². The summed E-state index contributed by atoms with van der Waals surface area (Å²) in [5.41, 5.74) is 3.24. The van der Waals surface area contributed by atoms with Crippen molar-refractivity contribution in [3.05, 3.63) is 87.6 Å². The molecule has 1 amide bonds. The number of quaternary nitrogens is 1. The summed E-state index contributed by atoms with van der Waals surface area (Å²) in [7, 11) is 1.32. The number of nitrogens with one attached hydrogen (secondary N) is 1. The number of methoxy groups -OCH3 is 1. The second-order valence-corrected chi connectivity index (χ2v) is 7.59.